The van der Waals surface area contributed by atoms with E-state index >= 15 is 0 Å². The van der Waals surface area contributed by atoms with Gasteiger partial charge in [0.2, 0.25) is 0 Å². The van der Waals surface area contributed by atoms with Gasteiger partial charge >= 0.3 is 6.09 Å². The number of nitrogens with one attached hydrogen (secondary N) is 3. The summed E-state index contributed by atoms with van der Waals surface area (Å²) in [5.74, 6) is 0.0645. The van der Waals surface area contributed by atoms with E-state index in [-0.39, 0.29) is 11.7 Å². The van der Waals surface area contributed by atoms with Gasteiger partial charge < -0.3 is 9.47 Å². The zero-order chi connectivity index (χ0) is 17.5. The number of hydrazine groups is 1. The van der Waals surface area contributed by atoms with Crippen LogP contribution in [-0.2, 0) is 9.53 Å². The van der Waals surface area contributed by atoms with Gasteiger partial charge in [-0.05, 0) is 45.0 Å². The molecule has 0 fully saturated rings. The maximum atomic E-state index is 11.8. The molecule has 0 saturated heterocycles. The molecule has 0 spiro atoms. The lowest BCUT2D eigenvalue weighted by Gasteiger charge is -2.12. The lowest BCUT2D eigenvalue weighted by atomic mass is 10.1. The lowest BCUT2D eigenvalue weighted by molar-refractivity contribution is -0.121. The van der Waals surface area contributed by atoms with Crippen LogP contribution >= 0.6 is 28.1 Å². The van der Waals surface area contributed by atoms with Gasteiger partial charge in [-0.3, -0.25) is 15.5 Å². The predicted octanol–water partition coefficient (Wildman–Crippen LogP) is 2.24. The van der Waals surface area contributed by atoms with Gasteiger partial charge in [-0.25, -0.2) is 10.2 Å². The van der Waals surface area contributed by atoms with Crippen molar-refractivity contribution in [2.45, 2.75) is 0 Å². The van der Waals surface area contributed by atoms with Crippen LogP contribution in [-0.4, -0.2) is 30.8 Å². The number of hydrogen-bond donors (Lipinski definition) is 3. The molecule has 0 aromatic heterocycles. The highest BCUT2D eigenvalue weighted by Crippen LogP contribution is 2.32. The molecule has 9 heteroatoms. The van der Waals surface area contributed by atoms with Crippen molar-refractivity contribution >= 4 is 56.0 Å². The second-order valence-electron chi connectivity index (χ2n) is 4.51. The number of rotatable bonds is 3. The van der Waals surface area contributed by atoms with Crippen molar-refractivity contribution in [1.29, 1.82) is 0 Å². The van der Waals surface area contributed by atoms with Crippen LogP contribution in [0.5, 0.6) is 5.75 Å². The molecule has 2 aromatic carbocycles. The summed E-state index contributed by atoms with van der Waals surface area (Å²) in [6.07, 6.45) is -0.733. The Morgan fingerprint density at radius 3 is 2.67 bits per heavy atom. The molecule has 0 heterocycles. The Morgan fingerprint density at radius 1 is 1.17 bits per heavy atom. The monoisotopic (exact) mass is 411 g/mol. The van der Waals surface area contributed by atoms with Crippen molar-refractivity contribution in [2.24, 2.45) is 0 Å². The van der Waals surface area contributed by atoms with E-state index in [0.717, 1.165) is 15.2 Å². The molecule has 0 aliphatic rings. The number of halogens is 1. The van der Waals surface area contributed by atoms with E-state index in [0.29, 0.717) is 5.75 Å². The molecule has 0 unspecified atom stereocenters. The summed E-state index contributed by atoms with van der Waals surface area (Å²) in [5, 5.41) is 4.32. The minimum Gasteiger partial charge on any atom is -0.483 e. The van der Waals surface area contributed by atoms with Crippen molar-refractivity contribution in [3.05, 3.63) is 40.9 Å². The molecule has 24 heavy (non-hydrogen) atoms. The van der Waals surface area contributed by atoms with Crippen LogP contribution in [0, 0.1) is 0 Å². The molecular weight excluding hydrogens is 398 g/mol. The highest BCUT2D eigenvalue weighted by molar-refractivity contribution is 9.10. The van der Waals surface area contributed by atoms with Gasteiger partial charge in [-0.15, -0.1) is 0 Å². The van der Waals surface area contributed by atoms with Gasteiger partial charge in [-0.2, -0.15) is 0 Å². The molecule has 0 radical (unpaired) electrons. The van der Waals surface area contributed by atoms with Crippen LogP contribution in [0.25, 0.3) is 10.8 Å². The molecule has 7 nitrogen and oxygen atoms in total. The Hall–Kier alpha value is -2.39. The number of carbonyl (C=O) groups is 2. The largest absolute Gasteiger partial charge is 0.483 e. The van der Waals surface area contributed by atoms with Gasteiger partial charge in [0, 0.05) is 0 Å². The number of hydrogen-bond acceptors (Lipinski definition) is 5. The van der Waals surface area contributed by atoms with Crippen LogP contribution in [0.1, 0.15) is 0 Å². The Bertz CT molecular complexity index is 784. The molecule has 2 aromatic rings. The van der Waals surface area contributed by atoms with Gasteiger partial charge in [0.05, 0.1) is 11.6 Å². The topological polar surface area (TPSA) is 88.7 Å². The summed E-state index contributed by atoms with van der Waals surface area (Å²) >= 11 is 8.31. The summed E-state index contributed by atoms with van der Waals surface area (Å²) in [4.78, 5) is 22.7. The van der Waals surface area contributed by atoms with E-state index in [1.807, 2.05) is 30.3 Å². The summed E-state index contributed by atoms with van der Waals surface area (Å²) in [6.45, 7) is -0.239. The zero-order valence-electron chi connectivity index (χ0n) is 12.6. The SMILES string of the molecule is COC(=O)NNC(=S)NC(=O)COc1ccc2ccccc2c1Br. The number of carbonyl (C=O) groups excluding carboxylic acids is 2. The predicted molar refractivity (Wildman–Crippen MR) is 96.6 cm³/mol. The molecular formula is C15H14BrN3O4S. The quantitative estimate of drug-likeness (QED) is 0.530. The molecule has 0 saturated carbocycles. The number of amides is 2. The first-order valence-electron chi connectivity index (χ1n) is 6.75. The fourth-order valence-corrected chi connectivity index (χ4v) is 2.59. The fraction of sp³-hybridized carbons (Fsp3) is 0.133. The highest BCUT2D eigenvalue weighted by Gasteiger charge is 2.10. The van der Waals surface area contributed by atoms with Crippen molar-refractivity contribution in [1.82, 2.24) is 16.2 Å². The van der Waals surface area contributed by atoms with E-state index in [4.69, 9.17) is 17.0 Å². The third-order valence-electron chi connectivity index (χ3n) is 2.90. The van der Waals surface area contributed by atoms with E-state index in [2.05, 4.69) is 36.8 Å². The molecule has 2 rings (SSSR count). The van der Waals surface area contributed by atoms with E-state index in [1.54, 1.807) is 6.07 Å². The molecule has 0 atom stereocenters. The normalized spacial score (nSPS) is 9.92. The number of thiocarbonyl (C=S) groups is 1. The minimum atomic E-state index is -0.733. The Morgan fingerprint density at radius 2 is 1.92 bits per heavy atom. The Labute approximate surface area is 151 Å². The van der Waals surface area contributed by atoms with Crippen LogP contribution in [0.2, 0.25) is 0 Å². The molecule has 0 bridgehead atoms. The highest BCUT2D eigenvalue weighted by atomic mass is 79.9. The van der Waals surface area contributed by atoms with Crippen molar-refractivity contribution in [3.63, 3.8) is 0 Å². The van der Waals surface area contributed by atoms with E-state index in [1.165, 1.54) is 7.11 Å². The van der Waals surface area contributed by atoms with Crippen molar-refractivity contribution in [3.8, 4) is 5.75 Å². The first kappa shape index (κ1) is 18.0. The number of methoxy groups -OCH3 is 1. The van der Waals surface area contributed by atoms with Gasteiger partial charge in [0.25, 0.3) is 5.91 Å². The Kier molecular flexibility index (Phi) is 6.33. The molecule has 2 amide bonds. The first-order chi connectivity index (χ1) is 11.5. The maximum Gasteiger partial charge on any atom is 0.425 e. The average molecular weight is 412 g/mol. The molecule has 0 aliphatic heterocycles. The van der Waals surface area contributed by atoms with E-state index < -0.39 is 12.0 Å². The standard InChI is InChI=1S/C15H14BrN3O4S/c1-22-15(21)19-18-14(24)17-12(20)8-23-11-7-6-9-4-2-3-5-10(9)13(11)16/h2-7H,8H2,1H3,(H,19,21)(H2,17,18,20,24). The number of ether oxygens (including phenoxy) is 2. The molecule has 0 aliphatic carbocycles. The average Bonchev–Trinajstić information content (AvgIpc) is 2.59. The zero-order valence-corrected chi connectivity index (χ0v) is 15.0. The van der Waals surface area contributed by atoms with Gasteiger partial charge in [0.15, 0.2) is 11.7 Å². The number of fused-ring (bicyclic) bond motifs is 1. The summed E-state index contributed by atoms with van der Waals surface area (Å²) < 4.78 is 10.6. The van der Waals surface area contributed by atoms with Crippen LogP contribution in [0.3, 0.4) is 0 Å². The second-order valence-corrected chi connectivity index (χ2v) is 5.71. The summed E-state index contributed by atoms with van der Waals surface area (Å²) in [5.41, 5.74) is 4.43. The number of benzene rings is 2. The second kappa shape index (κ2) is 8.46. The maximum absolute atomic E-state index is 11.8. The third kappa shape index (κ3) is 4.80. The van der Waals surface area contributed by atoms with Crippen molar-refractivity contribution in [2.75, 3.05) is 13.7 Å². The summed E-state index contributed by atoms with van der Waals surface area (Å²) in [7, 11) is 1.20. The smallest absolute Gasteiger partial charge is 0.425 e. The lowest BCUT2D eigenvalue weighted by Crippen LogP contribution is -2.49. The third-order valence-corrected chi connectivity index (χ3v) is 3.93. The minimum absolute atomic E-state index is 0.0772. The fourth-order valence-electron chi connectivity index (χ4n) is 1.82. The molecule has 126 valence electrons. The Balaban J connectivity index is 1.89. The van der Waals surface area contributed by atoms with Gasteiger partial charge in [-0.1, -0.05) is 30.3 Å². The van der Waals surface area contributed by atoms with Crippen molar-refractivity contribution < 1.29 is 19.1 Å². The van der Waals surface area contributed by atoms with Crippen LogP contribution in [0.4, 0.5) is 4.79 Å². The van der Waals surface area contributed by atoms with Crippen LogP contribution < -0.4 is 20.9 Å². The molecule has 3 N–H and O–H groups in total. The van der Waals surface area contributed by atoms with E-state index in [9.17, 15) is 9.59 Å². The van der Waals surface area contributed by atoms with Crippen LogP contribution in [0.15, 0.2) is 40.9 Å². The van der Waals surface area contributed by atoms with Gasteiger partial charge in [0.1, 0.15) is 5.75 Å². The first-order valence-corrected chi connectivity index (χ1v) is 7.95. The summed E-state index contributed by atoms with van der Waals surface area (Å²) in [6, 6.07) is 11.5.